The van der Waals surface area contributed by atoms with Crippen LogP contribution in [0.1, 0.15) is 43.0 Å². The number of hydrogen-bond acceptors (Lipinski definition) is 4. The van der Waals surface area contributed by atoms with Gasteiger partial charge in [-0.15, -0.1) is 0 Å². The van der Waals surface area contributed by atoms with Crippen molar-refractivity contribution in [2.24, 2.45) is 5.92 Å². The molecule has 6 nitrogen and oxygen atoms in total. The van der Waals surface area contributed by atoms with E-state index in [-0.39, 0.29) is 5.91 Å². The quantitative estimate of drug-likeness (QED) is 0.923. The van der Waals surface area contributed by atoms with Crippen LogP contribution in [0.2, 0.25) is 0 Å². The van der Waals surface area contributed by atoms with Crippen molar-refractivity contribution in [3.63, 3.8) is 0 Å². The van der Waals surface area contributed by atoms with Crippen LogP contribution in [-0.2, 0) is 4.79 Å². The summed E-state index contributed by atoms with van der Waals surface area (Å²) in [5, 5.41) is 9.20. The van der Waals surface area contributed by atoms with E-state index >= 15 is 0 Å². The van der Waals surface area contributed by atoms with Gasteiger partial charge in [-0.1, -0.05) is 6.92 Å². The molecule has 2 saturated heterocycles. The Hall–Kier alpha value is -2.11. The van der Waals surface area contributed by atoms with Crippen LogP contribution in [-0.4, -0.2) is 52.5 Å². The number of carboxylic acids is 1. The first-order valence-corrected chi connectivity index (χ1v) is 8.31. The third-order valence-electron chi connectivity index (χ3n) is 4.90. The molecule has 0 bridgehead atoms. The summed E-state index contributed by atoms with van der Waals surface area (Å²) < 4.78 is 0. The van der Waals surface area contributed by atoms with E-state index in [1.165, 1.54) is 4.90 Å². The minimum atomic E-state index is -0.928. The Morgan fingerprint density at radius 2 is 1.91 bits per heavy atom. The average Bonchev–Trinajstić information content (AvgIpc) is 3.05. The van der Waals surface area contributed by atoms with Crippen LogP contribution in [0.5, 0.6) is 0 Å². The molecular weight excluding hydrogens is 294 g/mol. The van der Waals surface area contributed by atoms with Crippen LogP contribution < -0.4 is 4.90 Å². The Labute approximate surface area is 136 Å². The zero-order chi connectivity index (χ0) is 16.4. The Morgan fingerprint density at radius 1 is 1.17 bits per heavy atom. The van der Waals surface area contributed by atoms with Crippen LogP contribution >= 0.6 is 0 Å². The van der Waals surface area contributed by atoms with Gasteiger partial charge in [0.05, 0.1) is 5.56 Å². The number of aromatic nitrogens is 1. The molecule has 124 valence electrons. The van der Waals surface area contributed by atoms with Gasteiger partial charge in [0.15, 0.2) is 0 Å². The van der Waals surface area contributed by atoms with Crippen molar-refractivity contribution < 1.29 is 14.7 Å². The maximum absolute atomic E-state index is 12.5. The number of anilines is 1. The van der Waals surface area contributed by atoms with Crippen LogP contribution in [0, 0.1) is 5.92 Å². The summed E-state index contributed by atoms with van der Waals surface area (Å²) in [6, 6.07) is 2.93. The Bertz CT molecular complexity index is 579. The summed E-state index contributed by atoms with van der Waals surface area (Å²) in [5.74, 6) is 0.490. The Balaban J connectivity index is 1.69. The van der Waals surface area contributed by atoms with Gasteiger partial charge in [0.2, 0.25) is 0 Å². The smallest absolute Gasteiger partial charge is 0.326 e. The summed E-state index contributed by atoms with van der Waals surface area (Å²) in [7, 11) is 0. The lowest BCUT2D eigenvalue weighted by Crippen LogP contribution is -2.40. The molecule has 2 fully saturated rings. The van der Waals surface area contributed by atoms with Gasteiger partial charge in [-0.05, 0) is 43.7 Å². The molecule has 1 amide bonds. The molecule has 3 heterocycles. The monoisotopic (exact) mass is 317 g/mol. The van der Waals surface area contributed by atoms with Crippen LogP contribution in [0.25, 0.3) is 0 Å². The highest BCUT2D eigenvalue weighted by Gasteiger charge is 2.34. The maximum Gasteiger partial charge on any atom is 0.326 e. The van der Waals surface area contributed by atoms with Gasteiger partial charge in [-0.2, -0.15) is 0 Å². The normalized spacial score (nSPS) is 22.4. The fraction of sp³-hybridized carbons (Fsp3) is 0.588. The van der Waals surface area contributed by atoms with E-state index in [1.54, 1.807) is 12.3 Å². The predicted molar refractivity (Wildman–Crippen MR) is 86.5 cm³/mol. The molecule has 0 saturated carbocycles. The van der Waals surface area contributed by atoms with Gasteiger partial charge in [-0.25, -0.2) is 9.78 Å². The molecule has 1 N–H and O–H groups in total. The number of hydrogen-bond donors (Lipinski definition) is 1. The lowest BCUT2D eigenvalue weighted by atomic mass is 9.99. The van der Waals surface area contributed by atoms with Gasteiger partial charge in [0, 0.05) is 25.8 Å². The number of amides is 1. The van der Waals surface area contributed by atoms with Crippen molar-refractivity contribution in [3.05, 3.63) is 23.9 Å². The van der Waals surface area contributed by atoms with Gasteiger partial charge < -0.3 is 14.9 Å². The number of rotatable bonds is 3. The highest BCUT2D eigenvalue weighted by atomic mass is 16.4. The number of carbonyl (C=O) groups is 2. The van der Waals surface area contributed by atoms with E-state index in [4.69, 9.17) is 0 Å². The SMILES string of the molecule is CC1CCN(c2ccc(C(=O)N3CCCC3C(=O)O)cn2)CC1. The molecule has 0 spiro atoms. The molecule has 0 aliphatic carbocycles. The lowest BCUT2D eigenvalue weighted by molar-refractivity contribution is -0.141. The van der Waals surface area contributed by atoms with Crippen LogP contribution in [0.4, 0.5) is 5.82 Å². The summed E-state index contributed by atoms with van der Waals surface area (Å²) in [6.07, 6.45) is 5.17. The number of aliphatic carboxylic acids is 1. The zero-order valence-electron chi connectivity index (χ0n) is 13.4. The highest BCUT2D eigenvalue weighted by molar-refractivity contribution is 5.96. The van der Waals surface area contributed by atoms with Crippen molar-refractivity contribution in [1.82, 2.24) is 9.88 Å². The number of carboxylic acid groups (broad SMARTS) is 1. The van der Waals surface area contributed by atoms with Crippen LogP contribution in [0.3, 0.4) is 0 Å². The van der Waals surface area contributed by atoms with Gasteiger partial charge in [-0.3, -0.25) is 4.79 Å². The number of piperidine rings is 1. The molecule has 0 aromatic carbocycles. The summed E-state index contributed by atoms with van der Waals surface area (Å²) >= 11 is 0. The van der Waals surface area contributed by atoms with Crippen molar-refractivity contribution in [2.75, 3.05) is 24.5 Å². The van der Waals surface area contributed by atoms with E-state index < -0.39 is 12.0 Å². The van der Waals surface area contributed by atoms with Gasteiger partial charge >= 0.3 is 5.97 Å². The number of carbonyl (C=O) groups excluding carboxylic acids is 1. The van der Waals surface area contributed by atoms with E-state index in [9.17, 15) is 14.7 Å². The van der Waals surface area contributed by atoms with Crippen molar-refractivity contribution >= 4 is 17.7 Å². The van der Waals surface area contributed by atoms with Gasteiger partial charge in [0.1, 0.15) is 11.9 Å². The lowest BCUT2D eigenvalue weighted by Gasteiger charge is -2.31. The molecule has 1 aromatic rings. The molecule has 2 aliphatic heterocycles. The number of nitrogens with zero attached hydrogens (tertiary/aromatic N) is 3. The first-order valence-electron chi connectivity index (χ1n) is 8.31. The molecule has 2 aliphatic rings. The molecule has 6 heteroatoms. The molecular formula is C17H23N3O3. The molecule has 1 aromatic heterocycles. The third-order valence-corrected chi connectivity index (χ3v) is 4.90. The van der Waals surface area contributed by atoms with Crippen molar-refractivity contribution in [2.45, 2.75) is 38.6 Å². The largest absolute Gasteiger partial charge is 0.480 e. The highest BCUT2D eigenvalue weighted by Crippen LogP contribution is 2.23. The zero-order valence-corrected chi connectivity index (χ0v) is 13.4. The molecule has 3 rings (SSSR count). The fourth-order valence-electron chi connectivity index (χ4n) is 3.37. The second-order valence-electron chi connectivity index (χ2n) is 6.57. The second kappa shape index (κ2) is 6.56. The summed E-state index contributed by atoms with van der Waals surface area (Å²) in [6.45, 7) is 4.76. The third kappa shape index (κ3) is 3.30. The predicted octanol–water partition coefficient (Wildman–Crippen LogP) is 2.01. The van der Waals surface area contributed by atoms with Crippen molar-refractivity contribution in [1.29, 1.82) is 0 Å². The summed E-state index contributed by atoms with van der Waals surface area (Å²) in [5.41, 5.74) is 0.465. The second-order valence-corrected chi connectivity index (χ2v) is 6.57. The van der Waals surface area contributed by atoms with E-state index in [2.05, 4.69) is 16.8 Å². The van der Waals surface area contributed by atoms with E-state index in [1.807, 2.05) is 6.07 Å². The van der Waals surface area contributed by atoms with Gasteiger partial charge in [0.25, 0.3) is 5.91 Å². The van der Waals surface area contributed by atoms with Crippen LogP contribution in [0.15, 0.2) is 18.3 Å². The number of likely N-dealkylation sites (tertiary alicyclic amines) is 1. The Kier molecular flexibility index (Phi) is 4.50. The van der Waals surface area contributed by atoms with E-state index in [0.29, 0.717) is 18.5 Å². The first-order chi connectivity index (χ1) is 11.1. The molecule has 1 atom stereocenters. The van der Waals surface area contributed by atoms with E-state index in [0.717, 1.165) is 44.1 Å². The fourth-order valence-corrected chi connectivity index (χ4v) is 3.37. The molecule has 0 radical (unpaired) electrons. The topological polar surface area (TPSA) is 73.7 Å². The molecule has 1 unspecified atom stereocenters. The maximum atomic E-state index is 12.5. The summed E-state index contributed by atoms with van der Waals surface area (Å²) in [4.78, 5) is 31.8. The standard InChI is InChI=1S/C17H23N3O3/c1-12-6-9-19(10-7-12)15-5-4-13(11-18-15)16(21)20-8-2-3-14(20)17(22)23/h4-5,11-12,14H,2-3,6-10H2,1H3,(H,22,23). The minimum absolute atomic E-state index is 0.235. The minimum Gasteiger partial charge on any atom is -0.480 e. The Morgan fingerprint density at radius 3 is 2.52 bits per heavy atom. The molecule has 23 heavy (non-hydrogen) atoms. The first kappa shape index (κ1) is 15.8. The number of pyridine rings is 1. The average molecular weight is 317 g/mol. The van der Waals surface area contributed by atoms with Crippen molar-refractivity contribution in [3.8, 4) is 0 Å².